The molecular formula is C14H21N3O3S. The van der Waals surface area contributed by atoms with E-state index in [1.807, 2.05) is 0 Å². The molecule has 0 radical (unpaired) electrons. The topological polar surface area (TPSA) is 84.1 Å². The number of aromatic amines is 1. The number of nitrogens with zero attached hydrogens (tertiary/aromatic N) is 1. The minimum Gasteiger partial charge on any atom is -0.468 e. The van der Waals surface area contributed by atoms with Crippen LogP contribution in [0.25, 0.3) is 0 Å². The fourth-order valence-electron chi connectivity index (χ4n) is 2.65. The van der Waals surface area contributed by atoms with Crippen molar-refractivity contribution in [1.29, 1.82) is 0 Å². The summed E-state index contributed by atoms with van der Waals surface area (Å²) in [4.78, 5) is 30.3. The van der Waals surface area contributed by atoms with Gasteiger partial charge in [-0.15, -0.1) is 0 Å². The van der Waals surface area contributed by atoms with Crippen molar-refractivity contribution in [1.82, 2.24) is 15.3 Å². The third kappa shape index (κ3) is 3.85. The summed E-state index contributed by atoms with van der Waals surface area (Å²) in [5.41, 5.74) is -0.758. The van der Waals surface area contributed by atoms with E-state index >= 15 is 0 Å². The number of H-pyrrole nitrogens is 1. The molecule has 116 valence electrons. The van der Waals surface area contributed by atoms with Crippen LogP contribution in [-0.4, -0.2) is 40.4 Å². The Balaban J connectivity index is 2.05. The third-order valence-electron chi connectivity index (χ3n) is 3.68. The molecule has 0 spiro atoms. The van der Waals surface area contributed by atoms with Crippen LogP contribution < -0.4 is 10.9 Å². The number of carbonyl (C=O) groups is 1. The summed E-state index contributed by atoms with van der Waals surface area (Å²) in [7, 11) is 1.43. The van der Waals surface area contributed by atoms with Crippen molar-refractivity contribution in [3.05, 3.63) is 22.6 Å². The molecule has 7 heteroatoms. The maximum atomic E-state index is 12.1. The van der Waals surface area contributed by atoms with Crippen molar-refractivity contribution >= 4 is 17.7 Å². The van der Waals surface area contributed by atoms with E-state index in [0.29, 0.717) is 11.6 Å². The maximum Gasteiger partial charge on any atom is 0.326 e. The molecule has 1 fully saturated rings. The molecule has 2 unspecified atom stereocenters. The van der Waals surface area contributed by atoms with Crippen LogP contribution in [0.3, 0.4) is 0 Å². The van der Waals surface area contributed by atoms with E-state index < -0.39 is 5.54 Å². The van der Waals surface area contributed by atoms with Gasteiger partial charge in [-0.05, 0) is 32.2 Å². The van der Waals surface area contributed by atoms with Gasteiger partial charge in [0, 0.05) is 17.5 Å². The van der Waals surface area contributed by atoms with Crippen molar-refractivity contribution < 1.29 is 9.53 Å². The van der Waals surface area contributed by atoms with E-state index in [1.54, 1.807) is 0 Å². The van der Waals surface area contributed by atoms with Crippen LogP contribution >= 0.6 is 11.8 Å². The lowest BCUT2D eigenvalue weighted by molar-refractivity contribution is -0.148. The molecule has 2 atom stereocenters. The average Bonchev–Trinajstić information content (AvgIpc) is 2.88. The highest BCUT2D eigenvalue weighted by molar-refractivity contribution is 7.99. The lowest BCUT2D eigenvalue weighted by Crippen LogP contribution is -2.51. The van der Waals surface area contributed by atoms with Crippen LogP contribution in [0.4, 0.5) is 0 Å². The van der Waals surface area contributed by atoms with Crippen LogP contribution in [0.2, 0.25) is 0 Å². The third-order valence-corrected chi connectivity index (χ3v) is 4.85. The Morgan fingerprint density at radius 1 is 1.67 bits per heavy atom. The first kappa shape index (κ1) is 16.0. The molecule has 0 aromatic carbocycles. The molecule has 0 amide bonds. The van der Waals surface area contributed by atoms with Gasteiger partial charge in [0.05, 0.1) is 7.11 Å². The normalized spacial score (nSPS) is 25.0. The van der Waals surface area contributed by atoms with Crippen LogP contribution in [0.15, 0.2) is 22.2 Å². The van der Waals surface area contributed by atoms with Gasteiger partial charge in [-0.1, -0.05) is 18.7 Å². The molecule has 1 heterocycles. The second kappa shape index (κ2) is 7.09. The lowest BCUT2D eigenvalue weighted by atomic mass is 9.97. The van der Waals surface area contributed by atoms with Gasteiger partial charge in [0.2, 0.25) is 0 Å². The van der Waals surface area contributed by atoms with E-state index in [-0.39, 0.29) is 16.8 Å². The highest BCUT2D eigenvalue weighted by Gasteiger charge is 2.46. The van der Waals surface area contributed by atoms with E-state index in [9.17, 15) is 9.59 Å². The average molecular weight is 311 g/mol. The Morgan fingerprint density at radius 2 is 2.48 bits per heavy atom. The summed E-state index contributed by atoms with van der Waals surface area (Å²) < 4.78 is 4.97. The van der Waals surface area contributed by atoms with Gasteiger partial charge in [0.1, 0.15) is 5.54 Å². The molecule has 1 saturated carbocycles. The zero-order valence-electron chi connectivity index (χ0n) is 12.3. The Kier molecular flexibility index (Phi) is 5.41. The Morgan fingerprint density at radius 3 is 3.14 bits per heavy atom. The second-order valence-corrected chi connectivity index (χ2v) is 6.51. The molecule has 0 bridgehead atoms. The van der Waals surface area contributed by atoms with Crippen molar-refractivity contribution in [3.63, 3.8) is 0 Å². The molecule has 1 aliphatic rings. The summed E-state index contributed by atoms with van der Waals surface area (Å²) in [5.74, 6) is -0.200. The number of ether oxygens (including phenoxy) is 1. The molecule has 6 nitrogen and oxygen atoms in total. The summed E-state index contributed by atoms with van der Waals surface area (Å²) >= 11 is 1.51. The van der Waals surface area contributed by atoms with Gasteiger partial charge in [0.25, 0.3) is 5.56 Å². The van der Waals surface area contributed by atoms with Gasteiger partial charge >= 0.3 is 5.97 Å². The number of rotatable bonds is 6. The number of methoxy groups -OCH3 is 1. The fraction of sp³-hybridized carbons (Fsp3) is 0.643. The summed E-state index contributed by atoms with van der Waals surface area (Å²) in [6.07, 6.45) is 4.77. The summed E-state index contributed by atoms with van der Waals surface area (Å²) in [5, 5.41) is 4.18. The molecular weight excluding hydrogens is 290 g/mol. The standard InChI is InChI=1S/C14H21N3O3S/c1-3-7-16-14(12(19)20-2)6-4-10(9-14)21-13-15-8-5-11(18)17-13/h5,8,10,16H,3-4,6-7,9H2,1-2H3,(H,15,17,18). The van der Waals surface area contributed by atoms with Gasteiger partial charge in [0.15, 0.2) is 5.16 Å². The first-order valence-electron chi connectivity index (χ1n) is 7.15. The summed E-state index contributed by atoms with van der Waals surface area (Å²) in [6.45, 7) is 2.85. The molecule has 2 N–H and O–H groups in total. The van der Waals surface area contributed by atoms with E-state index in [4.69, 9.17) is 4.74 Å². The Hall–Kier alpha value is -1.34. The summed E-state index contributed by atoms with van der Waals surface area (Å²) in [6, 6.07) is 1.39. The van der Waals surface area contributed by atoms with Crippen LogP contribution in [0, 0.1) is 0 Å². The largest absolute Gasteiger partial charge is 0.468 e. The number of carbonyl (C=O) groups excluding carboxylic acids is 1. The predicted molar refractivity (Wildman–Crippen MR) is 81.4 cm³/mol. The number of esters is 1. The molecule has 0 saturated heterocycles. The highest BCUT2D eigenvalue weighted by Crippen LogP contribution is 2.39. The molecule has 2 rings (SSSR count). The zero-order chi connectivity index (χ0) is 15.3. The quantitative estimate of drug-likeness (QED) is 0.609. The molecule has 21 heavy (non-hydrogen) atoms. The van der Waals surface area contributed by atoms with Crippen molar-refractivity contribution in [3.8, 4) is 0 Å². The monoisotopic (exact) mass is 311 g/mol. The number of thioether (sulfide) groups is 1. The molecule has 1 aromatic rings. The number of hydrogen-bond donors (Lipinski definition) is 2. The first-order chi connectivity index (χ1) is 10.1. The molecule has 1 aliphatic carbocycles. The number of aromatic nitrogens is 2. The number of hydrogen-bond acceptors (Lipinski definition) is 6. The van der Waals surface area contributed by atoms with Gasteiger partial charge < -0.3 is 15.0 Å². The SMILES string of the molecule is CCCNC1(C(=O)OC)CCC(Sc2nccc(=O)[nH]2)C1. The van der Waals surface area contributed by atoms with Crippen LogP contribution in [0.5, 0.6) is 0 Å². The lowest BCUT2D eigenvalue weighted by Gasteiger charge is -2.27. The van der Waals surface area contributed by atoms with Crippen molar-refractivity contribution in [2.75, 3.05) is 13.7 Å². The van der Waals surface area contributed by atoms with Gasteiger partial charge in [-0.2, -0.15) is 0 Å². The first-order valence-corrected chi connectivity index (χ1v) is 8.03. The number of nitrogens with one attached hydrogen (secondary N) is 2. The van der Waals surface area contributed by atoms with E-state index in [0.717, 1.165) is 25.8 Å². The Labute approximate surface area is 128 Å². The minimum atomic E-state index is -0.600. The highest BCUT2D eigenvalue weighted by atomic mass is 32.2. The van der Waals surface area contributed by atoms with Crippen molar-refractivity contribution in [2.24, 2.45) is 0 Å². The fourth-order valence-corrected chi connectivity index (χ4v) is 3.85. The van der Waals surface area contributed by atoms with Crippen molar-refractivity contribution in [2.45, 2.75) is 48.6 Å². The maximum absolute atomic E-state index is 12.1. The van der Waals surface area contributed by atoms with Gasteiger partial charge in [-0.25, -0.2) is 4.98 Å². The zero-order valence-corrected chi connectivity index (χ0v) is 13.2. The Bertz CT molecular complexity index is 548. The molecule has 1 aromatic heterocycles. The predicted octanol–water partition coefficient (Wildman–Crippen LogP) is 1.33. The van der Waals surface area contributed by atoms with Gasteiger partial charge in [-0.3, -0.25) is 9.59 Å². The second-order valence-electron chi connectivity index (χ2n) is 5.22. The smallest absolute Gasteiger partial charge is 0.326 e. The minimum absolute atomic E-state index is 0.158. The molecule has 0 aliphatic heterocycles. The van der Waals surface area contributed by atoms with E-state index in [2.05, 4.69) is 22.2 Å². The van der Waals surface area contributed by atoms with E-state index in [1.165, 1.54) is 31.1 Å². The van der Waals surface area contributed by atoms with Crippen LogP contribution in [0.1, 0.15) is 32.6 Å². The van der Waals surface area contributed by atoms with Crippen LogP contribution in [-0.2, 0) is 9.53 Å².